The number of aromatic carboxylic acids is 1. The third kappa shape index (κ3) is 3.10. The molecule has 0 saturated heterocycles. The zero-order valence-electron chi connectivity index (χ0n) is 9.56. The van der Waals surface area contributed by atoms with E-state index in [0.29, 0.717) is 15.8 Å². The maximum Gasteiger partial charge on any atom is 0.337 e. The van der Waals surface area contributed by atoms with E-state index in [4.69, 9.17) is 38.8 Å². The van der Waals surface area contributed by atoms with Gasteiger partial charge < -0.3 is 15.6 Å². The van der Waals surface area contributed by atoms with Crippen LogP contribution in [0.3, 0.4) is 0 Å². The summed E-state index contributed by atoms with van der Waals surface area (Å²) in [5.74, 6) is -0.503. The Hall–Kier alpha value is -1.91. The van der Waals surface area contributed by atoms with Gasteiger partial charge in [0.05, 0.1) is 11.3 Å². The maximum atomic E-state index is 11.0. The number of nitrogen functional groups attached to an aromatic ring is 1. The van der Waals surface area contributed by atoms with Crippen molar-refractivity contribution < 1.29 is 14.6 Å². The number of rotatable bonds is 3. The highest BCUT2D eigenvalue weighted by Gasteiger charge is 2.12. The number of hydrogen-bond donors (Lipinski definition) is 2. The third-order valence-corrected chi connectivity index (χ3v) is 2.80. The number of para-hydroxylation sites is 1. The molecule has 19 heavy (non-hydrogen) atoms. The fourth-order valence-corrected chi connectivity index (χ4v) is 2.04. The molecule has 0 heterocycles. The van der Waals surface area contributed by atoms with Crippen LogP contribution in [0.1, 0.15) is 10.4 Å². The number of anilines is 1. The monoisotopic (exact) mass is 297 g/mol. The van der Waals surface area contributed by atoms with Crippen molar-refractivity contribution in [1.82, 2.24) is 0 Å². The van der Waals surface area contributed by atoms with Crippen LogP contribution < -0.4 is 10.5 Å². The van der Waals surface area contributed by atoms with E-state index >= 15 is 0 Å². The first-order chi connectivity index (χ1) is 8.97. The molecule has 0 fully saturated rings. The van der Waals surface area contributed by atoms with Crippen LogP contribution in [0.15, 0.2) is 36.4 Å². The minimum absolute atomic E-state index is 0.0226. The lowest BCUT2D eigenvalue weighted by Crippen LogP contribution is -2.03. The molecule has 4 nitrogen and oxygen atoms in total. The number of carboxylic acids is 1. The molecule has 0 spiro atoms. The zero-order valence-corrected chi connectivity index (χ0v) is 11.1. The molecule has 2 aromatic carbocycles. The summed E-state index contributed by atoms with van der Waals surface area (Å²) in [6, 6.07) is 9.18. The molecule has 0 radical (unpaired) electrons. The number of carbonyl (C=O) groups is 1. The average Bonchev–Trinajstić information content (AvgIpc) is 2.30. The first-order valence-electron chi connectivity index (χ1n) is 5.23. The Labute approximate surface area is 119 Å². The van der Waals surface area contributed by atoms with Gasteiger partial charge in [-0.3, -0.25) is 0 Å². The van der Waals surface area contributed by atoms with E-state index in [2.05, 4.69) is 0 Å². The lowest BCUT2D eigenvalue weighted by molar-refractivity contribution is 0.0697. The van der Waals surface area contributed by atoms with Crippen molar-refractivity contribution in [3.63, 3.8) is 0 Å². The summed E-state index contributed by atoms with van der Waals surface area (Å²) in [5.41, 5.74) is 5.76. The molecule has 0 amide bonds. The second kappa shape index (κ2) is 5.38. The van der Waals surface area contributed by atoms with Crippen LogP contribution >= 0.6 is 23.2 Å². The minimum atomic E-state index is -1.12. The van der Waals surface area contributed by atoms with Crippen molar-refractivity contribution >= 4 is 34.9 Å². The van der Waals surface area contributed by atoms with Crippen molar-refractivity contribution in [2.24, 2.45) is 0 Å². The maximum absolute atomic E-state index is 11.0. The minimum Gasteiger partial charge on any atom is -0.478 e. The predicted octanol–water partition coefficient (Wildman–Crippen LogP) is 4.07. The standard InChI is InChI=1S/C13H9Cl2NO3/c14-7-4-8(15)6-9(5-7)19-11-3-1-2-10(12(11)16)13(17)18/h1-6H,16H2,(H,17,18). The lowest BCUT2D eigenvalue weighted by Gasteiger charge is -2.10. The largest absolute Gasteiger partial charge is 0.478 e. The number of carboxylic acid groups (broad SMARTS) is 1. The van der Waals surface area contributed by atoms with Crippen molar-refractivity contribution in [2.75, 3.05) is 5.73 Å². The summed E-state index contributed by atoms with van der Waals surface area (Å²) >= 11 is 11.7. The van der Waals surface area contributed by atoms with E-state index in [0.717, 1.165) is 0 Å². The van der Waals surface area contributed by atoms with Gasteiger partial charge in [-0.1, -0.05) is 29.3 Å². The highest BCUT2D eigenvalue weighted by Crippen LogP contribution is 2.32. The molecule has 0 saturated carbocycles. The molecule has 0 aliphatic carbocycles. The second-order valence-corrected chi connectivity index (χ2v) is 4.60. The predicted molar refractivity (Wildman–Crippen MR) is 74.3 cm³/mol. The van der Waals surface area contributed by atoms with Gasteiger partial charge in [-0.2, -0.15) is 0 Å². The molecule has 98 valence electrons. The van der Waals surface area contributed by atoms with Gasteiger partial charge in [0, 0.05) is 10.0 Å². The SMILES string of the molecule is Nc1c(Oc2cc(Cl)cc(Cl)c2)cccc1C(=O)O. The first kappa shape index (κ1) is 13.5. The molecule has 3 N–H and O–H groups in total. The molecule has 6 heteroatoms. The van der Waals surface area contributed by atoms with E-state index in [1.54, 1.807) is 30.3 Å². The van der Waals surface area contributed by atoms with Gasteiger partial charge >= 0.3 is 5.97 Å². The highest BCUT2D eigenvalue weighted by atomic mass is 35.5. The molecule has 2 aromatic rings. The fourth-order valence-electron chi connectivity index (χ4n) is 1.53. The Kier molecular flexibility index (Phi) is 3.83. The number of benzene rings is 2. The third-order valence-electron chi connectivity index (χ3n) is 2.36. The molecule has 0 bridgehead atoms. The van der Waals surface area contributed by atoms with Gasteiger partial charge in [-0.25, -0.2) is 4.79 Å². The Morgan fingerprint density at radius 1 is 1.16 bits per heavy atom. The number of hydrogen-bond acceptors (Lipinski definition) is 3. The van der Waals surface area contributed by atoms with E-state index in [-0.39, 0.29) is 17.0 Å². The normalized spacial score (nSPS) is 10.2. The summed E-state index contributed by atoms with van der Waals surface area (Å²) in [5, 5.41) is 9.79. The zero-order chi connectivity index (χ0) is 14.0. The molecule has 0 aromatic heterocycles. The highest BCUT2D eigenvalue weighted by molar-refractivity contribution is 6.34. The van der Waals surface area contributed by atoms with Gasteiger partial charge in [0.1, 0.15) is 5.75 Å². The Balaban J connectivity index is 2.38. The molecule has 0 aliphatic rings. The van der Waals surface area contributed by atoms with Gasteiger partial charge in [0.15, 0.2) is 5.75 Å². The molecular formula is C13H9Cl2NO3. The fraction of sp³-hybridized carbons (Fsp3) is 0. The van der Waals surface area contributed by atoms with Crippen molar-refractivity contribution in [2.45, 2.75) is 0 Å². The molecule has 0 atom stereocenters. The van der Waals surface area contributed by atoms with Crippen LogP contribution in [0.25, 0.3) is 0 Å². The quantitative estimate of drug-likeness (QED) is 0.838. The van der Waals surface area contributed by atoms with Crippen LogP contribution in [0.2, 0.25) is 10.0 Å². The summed E-state index contributed by atoms with van der Waals surface area (Å²) < 4.78 is 5.50. The van der Waals surface area contributed by atoms with Gasteiger partial charge in [0.2, 0.25) is 0 Å². The smallest absolute Gasteiger partial charge is 0.337 e. The number of halogens is 2. The number of ether oxygens (including phenoxy) is 1. The Morgan fingerprint density at radius 3 is 2.37 bits per heavy atom. The van der Waals surface area contributed by atoms with E-state index < -0.39 is 5.97 Å². The van der Waals surface area contributed by atoms with Gasteiger partial charge in [0.25, 0.3) is 0 Å². The van der Waals surface area contributed by atoms with E-state index in [1.807, 2.05) is 0 Å². The summed E-state index contributed by atoms with van der Waals surface area (Å²) in [4.78, 5) is 11.0. The van der Waals surface area contributed by atoms with Crippen molar-refractivity contribution in [3.8, 4) is 11.5 Å². The van der Waals surface area contributed by atoms with Crippen LogP contribution in [-0.2, 0) is 0 Å². The first-order valence-corrected chi connectivity index (χ1v) is 5.98. The summed E-state index contributed by atoms with van der Waals surface area (Å²) in [6.45, 7) is 0. The molecule has 2 rings (SSSR count). The Morgan fingerprint density at radius 2 is 1.79 bits per heavy atom. The van der Waals surface area contributed by atoms with E-state index in [9.17, 15) is 4.79 Å². The summed E-state index contributed by atoms with van der Waals surface area (Å²) in [6.07, 6.45) is 0. The van der Waals surface area contributed by atoms with Crippen LogP contribution in [-0.4, -0.2) is 11.1 Å². The van der Waals surface area contributed by atoms with Crippen molar-refractivity contribution in [1.29, 1.82) is 0 Å². The second-order valence-electron chi connectivity index (χ2n) is 3.73. The Bertz CT molecular complexity index is 624. The van der Waals surface area contributed by atoms with Crippen molar-refractivity contribution in [3.05, 3.63) is 52.0 Å². The average molecular weight is 298 g/mol. The molecular weight excluding hydrogens is 289 g/mol. The van der Waals surface area contributed by atoms with Crippen LogP contribution in [0, 0.1) is 0 Å². The topological polar surface area (TPSA) is 72.5 Å². The van der Waals surface area contributed by atoms with Gasteiger partial charge in [-0.15, -0.1) is 0 Å². The summed E-state index contributed by atoms with van der Waals surface area (Å²) in [7, 11) is 0. The van der Waals surface area contributed by atoms with Crippen LogP contribution in [0.5, 0.6) is 11.5 Å². The molecule has 0 aliphatic heterocycles. The van der Waals surface area contributed by atoms with Crippen LogP contribution in [0.4, 0.5) is 5.69 Å². The number of nitrogens with two attached hydrogens (primary N) is 1. The van der Waals surface area contributed by atoms with E-state index in [1.165, 1.54) is 6.07 Å². The molecule has 0 unspecified atom stereocenters. The lowest BCUT2D eigenvalue weighted by atomic mass is 10.1. The van der Waals surface area contributed by atoms with Gasteiger partial charge in [-0.05, 0) is 30.3 Å².